The van der Waals surface area contributed by atoms with Crippen LogP contribution >= 0.6 is 0 Å². The topological polar surface area (TPSA) is 114 Å². The fourth-order valence-electron chi connectivity index (χ4n) is 5.66. The van der Waals surface area contributed by atoms with Crippen molar-refractivity contribution in [2.75, 3.05) is 20.3 Å². The van der Waals surface area contributed by atoms with E-state index in [4.69, 9.17) is 9.47 Å². The number of nitrogens with one attached hydrogen (secondary N) is 2. The van der Waals surface area contributed by atoms with E-state index in [1.54, 1.807) is 27.7 Å². The molecule has 2 aromatic rings. The summed E-state index contributed by atoms with van der Waals surface area (Å²) >= 11 is 0. The molecule has 4 rings (SSSR count). The minimum Gasteiger partial charge on any atom is -0.467 e. The summed E-state index contributed by atoms with van der Waals surface area (Å²) in [7, 11) is 1.30. The van der Waals surface area contributed by atoms with Crippen LogP contribution in [0.15, 0.2) is 48.5 Å². The van der Waals surface area contributed by atoms with Crippen molar-refractivity contribution < 1.29 is 28.7 Å². The lowest BCUT2D eigenvalue weighted by molar-refractivity contribution is -0.157. The number of carbonyl (C=O) groups is 4. The number of rotatable bonds is 8. The first-order valence-electron chi connectivity index (χ1n) is 13.9. The SMILES string of the molecule is COC(=O)[C@@H]1CCCCN1C(=O)C(C)(C)NC(=O)[C@@H](NC(=O)OCC1c2ccccc2-c2ccccc21)C(C)C. The third kappa shape index (κ3) is 5.98. The van der Waals surface area contributed by atoms with Gasteiger partial charge in [0.05, 0.1) is 7.11 Å². The van der Waals surface area contributed by atoms with Crippen LogP contribution in [0.3, 0.4) is 0 Å². The van der Waals surface area contributed by atoms with Crippen molar-refractivity contribution in [3.8, 4) is 11.1 Å². The van der Waals surface area contributed by atoms with Gasteiger partial charge in [0.2, 0.25) is 11.8 Å². The van der Waals surface area contributed by atoms with Gasteiger partial charge < -0.3 is 25.0 Å². The van der Waals surface area contributed by atoms with E-state index < -0.39 is 35.6 Å². The smallest absolute Gasteiger partial charge is 0.407 e. The second kappa shape index (κ2) is 12.1. The lowest BCUT2D eigenvalue weighted by atomic mass is 9.95. The van der Waals surface area contributed by atoms with Crippen molar-refractivity contribution in [1.82, 2.24) is 15.5 Å². The number of likely N-dealkylation sites (tertiary alicyclic amines) is 1. The molecule has 3 amide bonds. The number of carbonyl (C=O) groups excluding carboxylic acids is 4. The van der Waals surface area contributed by atoms with Gasteiger partial charge in [-0.05, 0) is 61.3 Å². The molecule has 0 unspecified atom stereocenters. The molecule has 2 N–H and O–H groups in total. The second-order valence-corrected chi connectivity index (χ2v) is 11.3. The van der Waals surface area contributed by atoms with Crippen LogP contribution in [0.2, 0.25) is 0 Å². The first-order valence-corrected chi connectivity index (χ1v) is 13.9. The number of hydrogen-bond acceptors (Lipinski definition) is 6. The lowest BCUT2D eigenvalue weighted by Crippen LogP contribution is -2.63. The molecule has 0 bridgehead atoms. The Morgan fingerprint density at radius 3 is 2.15 bits per heavy atom. The van der Waals surface area contributed by atoms with Gasteiger partial charge in [-0.15, -0.1) is 0 Å². The van der Waals surface area contributed by atoms with Gasteiger partial charge in [0, 0.05) is 12.5 Å². The van der Waals surface area contributed by atoms with Crippen LogP contribution < -0.4 is 10.6 Å². The zero-order valence-corrected chi connectivity index (χ0v) is 23.9. The number of amides is 3. The Hall–Kier alpha value is -3.88. The van der Waals surface area contributed by atoms with Crippen molar-refractivity contribution in [1.29, 1.82) is 0 Å². The number of methoxy groups -OCH3 is 1. The first-order chi connectivity index (χ1) is 19.0. The van der Waals surface area contributed by atoms with Crippen LogP contribution in [0.5, 0.6) is 0 Å². The largest absolute Gasteiger partial charge is 0.467 e. The van der Waals surface area contributed by atoms with Crippen LogP contribution in [-0.4, -0.2) is 66.7 Å². The zero-order chi connectivity index (χ0) is 29.0. The highest BCUT2D eigenvalue weighted by Crippen LogP contribution is 2.44. The number of benzene rings is 2. The Morgan fingerprint density at radius 2 is 1.57 bits per heavy atom. The van der Waals surface area contributed by atoms with Gasteiger partial charge in [-0.25, -0.2) is 9.59 Å². The molecule has 1 aliphatic carbocycles. The Bertz CT molecular complexity index is 1230. The standard InChI is InChI=1S/C31H39N3O6/c1-19(2)26(27(35)33-31(3,4)29(37)34-17-11-10-16-25(34)28(36)39-5)32-30(38)40-18-24-22-14-8-6-12-20(22)21-13-7-9-15-23(21)24/h6-9,12-15,19,24-26H,10-11,16-18H2,1-5H3,(H,32,38)(H,33,35)/t25-,26-/m0/s1. The number of piperidine rings is 1. The maximum atomic E-state index is 13.4. The van der Waals surface area contributed by atoms with Gasteiger partial charge in [0.25, 0.3) is 0 Å². The molecule has 1 heterocycles. The molecule has 1 saturated heterocycles. The monoisotopic (exact) mass is 549 g/mol. The predicted molar refractivity (Wildman–Crippen MR) is 150 cm³/mol. The minimum atomic E-state index is -1.31. The molecule has 214 valence electrons. The molecular weight excluding hydrogens is 510 g/mol. The Kier molecular flexibility index (Phi) is 8.81. The minimum absolute atomic E-state index is 0.103. The molecular formula is C31H39N3O6. The summed E-state index contributed by atoms with van der Waals surface area (Å²) in [6, 6.07) is 14.5. The molecule has 40 heavy (non-hydrogen) atoms. The molecule has 9 nitrogen and oxygen atoms in total. The van der Waals surface area contributed by atoms with Crippen LogP contribution in [0.1, 0.15) is 64.0 Å². The van der Waals surface area contributed by atoms with E-state index in [9.17, 15) is 19.2 Å². The molecule has 2 atom stereocenters. The summed E-state index contributed by atoms with van der Waals surface area (Å²) in [4.78, 5) is 53.4. The maximum Gasteiger partial charge on any atom is 0.407 e. The third-order valence-corrected chi connectivity index (χ3v) is 7.77. The maximum absolute atomic E-state index is 13.4. The van der Waals surface area contributed by atoms with Gasteiger partial charge in [0.1, 0.15) is 24.2 Å². The number of nitrogens with zero attached hydrogens (tertiary/aromatic N) is 1. The second-order valence-electron chi connectivity index (χ2n) is 11.3. The molecule has 2 aliphatic rings. The van der Waals surface area contributed by atoms with E-state index >= 15 is 0 Å². The predicted octanol–water partition coefficient (Wildman–Crippen LogP) is 4.00. The van der Waals surface area contributed by atoms with Crippen LogP contribution in [0, 0.1) is 5.92 Å². The van der Waals surface area contributed by atoms with E-state index in [0.717, 1.165) is 35.1 Å². The van der Waals surface area contributed by atoms with E-state index in [0.29, 0.717) is 13.0 Å². The molecule has 0 saturated carbocycles. The van der Waals surface area contributed by atoms with Crippen molar-refractivity contribution in [3.05, 3.63) is 59.7 Å². The summed E-state index contributed by atoms with van der Waals surface area (Å²) in [6.07, 6.45) is 1.39. The van der Waals surface area contributed by atoms with Crippen molar-refractivity contribution in [3.63, 3.8) is 0 Å². The highest BCUT2D eigenvalue weighted by atomic mass is 16.5. The molecule has 1 fully saturated rings. The van der Waals surface area contributed by atoms with E-state index in [-0.39, 0.29) is 24.3 Å². The van der Waals surface area contributed by atoms with Crippen molar-refractivity contribution in [2.45, 2.75) is 70.5 Å². The van der Waals surface area contributed by atoms with Gasteiger partial charge in [-0.1, -0.05) is 62.4 Å². The van der Waals surface area contributed by atoms with Gasteiger partial charge in [-0.3, -0.25) is 9.59 Å². The van der Waals surface area contributed by atoms with Crippen molar-refractivity contribution in [2.24, 2.45) is 5.92 Å². The van der Waals surface area contributed by atoms with Crippen LogP contribution in [0.4, 0.5) is 4.79 Å². The number of alkyl carbamates (subject to hydrolysis) is 1. The Balaban J connectivity index is 1.40. The first kappa shape index (κ1) is 29.1. The lowest BCUT2D eigenvalue weighted by Gasteiger charge is -2.39. The summed E-state index contributed by atoms with van der Waals surface area (Å²) in [5, 5.41) is 5.48. The molecule has 9 heteroatoms. The Labute approximate surface area is 235 Å². The molecule has 0 radical (unpaired) electrons. The van der Waals surface area contributed by atoms with E-state index in [1.165, 1.54) is 12.0 Å². The quantitative estimate of drug-likeness (QED) is 0.481. The van der Waals surface area contributed by atoms with Crippen LogP contribution in [-0.2, 0) is 23.9 Å². The van der Waals surface area contributed by atoms with Crippen LogP contribution in [0.25, 0.3) is 11.1 Å². The molecule has 0 spiro atoms. The summed E-state index contributed by atoms with van der Waals surface area (Å²) in [6.45, 7) is 7.34. The van der Waals surface area contributed by atoms with E-state index in [2.05, 4.69) is 22.8 Å². The highest BCUT2D eigenvalue weighted by Gasteiger charge is 2.42. The molecule has 2 aromatic carbocycles. The Morgan fingerprint density at radius 1 is 0.975 bits per heavy atom. The summed E-state index contributed by atoms with van der Waals surface area (Å²) in [5.74, 6) is -1.72. The van der Waals surface area contributed by atoms with Gasteiger partial charge >= 0.3 is 12.1 Å². The number of ether oxygens (including phenoxy) is 2. The fraction of sp³-hybridized carbons (Fsp3) is 0.484. The van der Waals surface area contributed by atoms with Gasteiger partial charge in [0.15, 0.2) is 0 Å². The zero-order valence-electron chi connectivity index (χ0n) is 23.9. The average Bonchev–Trinajstić information content (AvgIpc) is 3.27. The molecule has 1 aliphatic heterocycles. The summed E-state index contributed by atoms with van der Waals surface area (Å²) < 4.78 is 10.5. The highest BCUT2D eigenvalue weighted by molar-refractivity contribution is 5.95. The molecule has 0 aromatic heterocycles. The average molecular weight is 550 g/mol. The summed E-state index contributed by atoms with van der Waals surface area (Å²) in [5.41, 5.74) is 3.13. The van der Waals surface area contributed by atoms with Crippen molar-refractivity contribution >= 4 is 23.9 Å². The van der Waals surface area contributed by atoms with E-state index in [1.807, 2.05) is 36.4 Å². The normalized spacial score (nSPS) is 17.4. The number of fused-ring (bicyclic) bond motifs is 3. The van der Waals surface area contributed by atoms with Gasteiger partial charge in [-0.2, -0.15) is 0 Å². The fourth-order valence-corrected chi connectivity index (χ4v) is 5.66. The number of hydrogen-bond donors (Lipinski definition) is 2. The number of esters is 1. The third-order valence-electron chi connectivity index (χ3n) is 7.77.